The molecule has 0 amide bonds. The minimum Gasteiger partial charge on any atom is -0.324 e. The molecule has 4 heterocycles. The van der Waals surface area contributed by atoms with Gasteiger partial charge >= 0.3 is 0 Å². The molecule has 198 valence electrons. The zero-order valence-corrected chi connectivity index (χ0v) is 22.4. The summed E-state index contributed by atoms with van der Waals surface area (Å²) in [6, 6.07) is 9.47. The number of allylic oxidation sites excluding steroid dienone is 1. The molecule has 0 bridgehead atoms. The number of benzene rings is 1. The lowest BCUT2D eigenvalue weighted by Crippen LogP contribution is -2.40. The Kier molecular flexibility index (Phi) is 6.41. The molecule has 1 aliphatic heterocycles. The highest BCUT2D eigenvalue weighted by Gasteiger charge is 2.24. The standard InChI is InChI=1S/C26H30N8O3S/c1-5-11-33-24(35)21-15-29-25(31-23(21)34(33)20-8-10-28-22(14-20)26(2,3)4)30-19-7-6-18-16-32(38(27,36)37)12-9-17(18)13-19/h5-8,10,13-15H,1,9,11-12,16H2,2-4H3,(H2,27,36,37)(H,29,30,31). The van der Waals surface area contributed by atoms with Gasteiger partial charge < -0.3 is 5.32 Å². The summed E-state index contributed by atoms with van der Waals surface area (Å²) in [5.74, 6) is 0.328. The smallest absolute Gasteiger partial charge is 0.278 e. The normalized spacial score (nSPS) is 14.4. The zero-order chi connectivity index (χ0) is 27.2. The summed E-state index contributed by atoms with van der Waals surface area (Å²) in [5, 5.41) is 8.91. The maximum absolute atomic E-state index is 13.2. The van der Waals surface area contributed by atoms with Crippen LogP contribution in [0.1, 0.15) is 37.6 Å². The molecule has 0 fully saturated rings. The van der Waals surface area contributed by atoms with Gasteiger partial charge in [0.05, 0.1) is 12.2 Å². The lowest BCUT2D eigenvalue weighted by Gasteiger charge is -2.26. The second-order valence-corrected chi connectivity index (χ2v) is 11.9. The average Bonchev–Trinajstić information content (AvgIpc) is 3.13. The molecule has 0 unspecified atom stereocenters. The number of aromatic nitrogens is 5. The average molecular weight is 535 g/mol. The minimum atomic E-state index is -3.73. The summed E-state index contributed by atoms with van der Waals surface area (Å²) in [5.41, 5.74) is 4.39. The van der Waals surface area contributed by atoms with Gasteiger partial charge in [-0.3, -0.25) is 9.78 Å². The number of nitrogens with zero attached hydrogens (tertiary/aromatic N) is 6. The molecule has 1 aliphatic rings. The highest BCUT2D eigenvalue weighted by Crippen LogP contribution is 2.26. The molecule has 11 nitrogen and oxygen atoms in total. The van der Waals surface area contributed by atoms with E-state index in [1.54, 1.807) is 21.6 Å². The van der Waals surface area contributed by atoms with Crippen LogP contribution in [0.3, 0.4) is 0 Å². The van der Waals surface area contributed by atoms with Crippen molar-refractivity contribution in [2.24, 2.45) is 5.14 Å². The lowest BCUT2D eigenvalue weighted by molar-refractivity contribution is 0.392. The number of rotatable bonds is 6. The fraction of sp³-hybridized carbons (Fsp3) is 0.308. The predicted molar refractivity (Wildman–Crippen MR) is 147 cm³/mol. The van der Waals surface area contributed by atoms with Crippen LogP contribution in [0.5, 0.6) is 0 Å². The summed E-state index contributed by atoms with van der Waals surface area (Å²) < 4.78 is 28.0. The summed E-state index contributed by atoms with van der Waals surface area (Å²) in [7, 11) is -3.73. The molecule has 3 aromatic heterocycles. The van der Waals surface area contributed by atoms with Crippen LogP contribution in [0.2, 0.25) is 0 Å². The SMILES string of the molecule is C=CCn1c(=O)c2cnc(Nc3ccc4c(c3)CCN(S(N)(=O)=O)C4)nc2n1-c1ccnc(C(C)(C)C)c1. The Hall–Kier alpha value is -3.87. The molecule has 38 heavy (non-hydrogen) atoms. The molecule has 0 saturated carbocycles. The van der Waals surface area contributed by atoms with E-state index in [1.807, 2.05) is 30.3 Å². The molecule has 0 spiro atoms. The Morgan fingerprint density at radius 3 is 2.66 bits per heavy atom. The molecule has 12 heteroatoms. The third-order valence-corrected chi connectivity index (χ3v) is 7.57. The first-order chi connectivity index (χ1) is 18.0. The van der Waals surface area contributed by atoms with Gasteiger partial charge in [0.25, 0.3) is 15.8 Å². The van der Waals surface area contributed by atoms with Gasteiger partial charge in [0.2, 0.25) is 5.95 Å². The van der Waals surface area contributed by atoms with Crippen molar-refractivity contribution < 1.29 is 8.42 Å². The largest absolute Gasteiger partial charge is 0.324 e. The van der Waals surface area contributed by atoms with Crippen LogP contribution in [0.15, 0.2) is 60.2 Å². The van der Waals surface area contributed by atoms with Gasteiger partial charge in [-0.2, -0.15) is 17.7 Å². The van der Waals surface area contributed by atoms with E-state index in [4.69, 9.17) is 10.1 Å². The Morgan fingerprint density at radius 1 is 1.16 bits per heavy atom. The van der Waals surface area contributed by atoms with E-state index in [0.717, 1.165) is 28.2 Å². The Bertz CT molecular complexity index is 1720. The van der Waals surface area contributed by atoms with Crippen LogP contribution in [-0.4, -0.2) is 43.6 Å². The summed E-state index contributed by atoms with van der Waals surface area (Å²) >= 11 is 0. The molecule has 4 aromatic rings. The first-order valence-electron chi connectivity index (χ1n) is 12.2. The summed E-state index contributed by atoms with van der Waals surface area (Å²) in [4.78, 5) is 26.9. The first kappa shape index (κ1) is 25.8. The van der Waals surface area contributed by atoms with Crippen molar-refractivity contribution in [1.82, 2.24) is 28.6 Å². The lowest BCUT2D eigenvalue weighted by atomic mass is 9.91. The van der Waals surface area contributed by atoms with E-state index < -0.39 is 10.2 Å². The van der Waals surface area contributed by atoms with E-state index in [2.05, 4.69) is 42.6 Å². The fourth-order valence-corrected chi connectivity index (χ4v) is 5.22. The number of nitrogens with one attached hydrogen (secondary N) is 1. The van der Waals surface area contributed by atoms with E-state index in [1.165, 1.54) is 10.5 Å². The Labute approximate surface area is 220 Å². The second-order valence-electron chi connectivity index (χ2n) is 10.3. The molecule has 0 radical (unpaired) electrons. The molecule has 5 rings (SSSR count). The Balaban J connectivity index is 1.54. The van der Waals surface area contributed by atoms with E-state index in [0.29, 0.717) is 36.5 Å². The van der Waals surface area contributed by atoms with Crippen LogP contribution in [0.25, 0.3) is 16.7 Å². The van der Waals surface area contributed by atoms with Gasteiger partial charge in [0.15, 0.2) is 5.65 Å². The van der Waals surface area contributed by atoms with E-state index in [-0.39, 0.29) is 17.5 Å². The van der Waals surface area contributed by atoms with Crippen molar-refractivity contribution in [3.63, 3.8) is 0 Å². The summed E-state index contributed by atoms with van der Waals surface area (Å²) in [6.07, 6.45) is 5.47. The minimum absolute atomic E-state index is 0.179. The molecular weight excluding hydrogens is 504 g/mol. The van der Waals surface area contributed by atoms with Gasteiger partial charge in [-0.25, -0.2) is 19.5 Å². The molecule has 3 N–H and O–H groups in total. The van der Waals surface area contributed by atoms with Gasteiger partial charge in [-0.1, -0.05) is 32.9 Å². The number of nitrogens with two attached hydrogens (primary N) is 1. The maximum Gasteiger partial charge on any atom is 0.278 e. The molecule has 0 saturated heterocycles. The molecular formula is C26H30N8O3S. The van der Waals surface area contributed by atoms with Crippen molar-refractivity contribution in [1.29, 1.82) is 0 Å². The van der Waals surface area contributed by atoms with Crippen LogP contribution in [-0.2, 0) is 35.1 Å². The third kappa shape index (κ3) is 4.85. The third-order valence-electron chi connectivity index (χ3n) is 6.53. The van der Waals surface area contributed by atoms with Crippen LogP contribution >= 0.6 is 0 Å². The number of anilines is 2. The van der Waals surface area contributed by atoms with Crippen molar-refractivity contribution in [3.8, 4) is 5.69 Å². The quantitative estimate of drug-likeness (QED) is 0.362. The highest BCUT2D eigenvalue weighted by molar-refractivity contribution is 7.86. The molecule has 0 aliphatic carbocycles. The monoisotopic (exact) mass is 534 g/mol. The van der Waals surface area contributed by atoms with Gasteiger partial charge in [0.1, 0.15) is 5.39 Å². The fourth-order valence-electron chi connectivity index (χ4n) is 4.55. The topological polar surface area (TPSA) is 141 Å². The number of pyridine rings is 1. The predicted octanol–water partition coefficient (Wildman–Crippen LogP) is 2.77. The van der Waals surface area contributed by atoms with Gasteiger partial charge in [-0.05, 0) is 41.8 Å². The van der Waals surface area contributed by atoms with Crippen LogP contribution in [0.4, 0.5) is 11.6 Å². The molecule has 1 aromatic carbocycles. The molecule has 0 atom stereocenters. The van der Waals surface area contributed by atoms with Crippen LogP contribution < -0.4 is 16.0 Å². The van der Waals surface area contributed by atoms with Crippen molar-refractivity contribution in [2.45, 2.75) is 45.7 Å². The van der Waals surface area contributed by atoms with Gasteiger partial charge in [0, 0.05) is 42.3 Å². The van der Waals surface area contributed by atoms with E-state index in [9.17, 15) is 13.2 Å². The zero-order valence-electron chi connectivity index (χ0n) is 21.5. The van der Waals surface area contributed by atoms with Gasteiger partial charge in [-0.15, -0.1) is 6.58 Å². The first-order valence-corrected chi connectivity index (χ1v) is 13.7. The second kappa shape index (κ2) is 9.46. The number of hydrogen-bond donors (Lipinski definition) is 2. The summed E-state index contributed by atoms with van der Waals surface area (Å²) in [6.45, 7) is 10.9. The maximum atomic E-state index is 13.2. The van der Waals surface area contributed by atoms with Crippen molar-refractivity contribution >= 4 is 32.9 Å². The van der Waals surface area contributed by atoms with Crippen molar-refractivity contribution in [3.05, 3.63) is 82.6 Å². The highest BCUT2D eigenvalue weighted by atomic mass is 32.2. The number of hydrogen-bond acceptors (Lipinski definition) is 7. The van der Waals surface area contributed by atoms with Crippen molar-refractivity contribution in [2.75, 3.05) is 11.9 Å². The number of fused-ring (bicyclic) bond motifs is 2. The Morgan fingerprint density at radius 2 is 1.95 bits per heavy atom. The van der Waals surface area contributed by atoms with E-state index >= 15 is 0 Å². The van der Waals surface area contributed by atoms with Crippen LogP contribution in [0, 0.1) is 0 Å².